The van der Waals surface area contributed by atoms with Crippen LogP contribution in [-0.2, 0) is 16.0 Å². The molecular formula is C22H20Cl2FN3O3. The molecule has 6 nitrogen and oxygen atoms in total. The van der Waals surface area contributed by atoms with E-state index in [-0.39, 0.29) is 24.6 Å². The molecule has 0 aromatic heterocycles. The molecule has 1 amide bonds. The first-order valence-electron chi connectivity index (χ1n) is 9.94. The Morgan fingerprint density at radius 1 is 1.19 bits per heavy atom. The summed E-state index contributed by atoms with van der Waals surface area (Å²) in [4.78, 5) is 29.0. The van der Waals surface area contributed by atoms with Crippen LogP contribution in [-0.4, -0.2) is 37.2 Å². The lowest BCUT2D eigenvalue weighted by Gasteiger charge is -2.39. The molecule has 0 aliphatic carbocycles. The molecule has 2 aliphatic rings. The summed E-state index contributed by atoms with van der Waals surface area (Å²) < 4.78 is 20.1. The zero-order valence-corrected chi connectivity index (χ0v) is 18.1. The van der Waals surface area contributed by atoms with Gasteiger partial charge in [0.15, 0.2) is 0 Å². The summed E-state index contributed by atoms with van der Waals surface area (Å²) in [5.74, 6) is -0.238. The molecule has 1 fully saturated rings. The van der Waals surface area contributed by atoms with Gasteiger partial charge in [0.05, 0.1) is 16.4 Å². The van der Waals surface area contributed by atoms with Crippen LogP contribution in [0.25, 0.3) is 0 Å². The summed E-state index contributed by atoms with van der Waals surface area (Å²) in [5.41, 5.74) is 0.866. The van der Waals surface area contributed by atoms with Crippen molar-refractivity contribution in [2.45, 2.75) is 31.2 Å². The normalized spacial score (nSPS) is 17.4. The number of ether oxygens (including phenoxy) is 1. The second kappa shape index (κ2) is 8.87. The molecule has 2 heterocycles. The summed E-state index contributed by atoms with van der Waals surface area (Å²) in [6.07, 6.45) is 3.42. The van der Waals surface area contributed by atoms with E-state index in [1.807, 2.05) is 6.07 Å². The minimum atomic E-state index is -0.748. The Balaban J connectivity index is 1.50. The summed E-state index contributed by atoms with van der Waals surface area (Å²) in [5, 5.41) is 3.77. The number of isocyanates is 1. The molecule has 4 rings (SSSR count). The van der Waals surface area contributed by atoms with Crippen molar-refractivity contribution in [1.82, 2.24) is 0 Å². The average Bonchev–Trinajstić information content (AvgIpc) is 2.76. The van der Waals surface area contributed by atoms with Crippen LogP contribution in [0.15, 0.2) is 35.3 Å². The fourth-order valence-corrected chi connectivity index (χ4v) is 4.45. The van der Waals surface area contributed by atoms with E-state index in [1.165, 1.54) is 6.07 Å². The van der Waals surface area contributed by atoms with Crippen molar-refractivity contribution in [3.63, 3.8) is 0 Å². The van der Waals surface area contributed by atoms with E-state index in [0.717, 1.165) is 5.69 Å². The monoisotopic (exact) mass is 463 g/mol. The van der Waals surface area contributed by atoms with E-state index in [0.29, 0.717) is 53.7 Å². The lowest BCUT2D eigenvalue weighted by Crippen LogP contribution is -2.47. The van der Waals surface area contributed by atoms with Crippen LogP contribution < -0.4 is 15.0 Å². The Labute approximate surface area is 189 Å². The van der Waals surface area contributed by atoms with Crippen LogP contribution in [0.2, 0.25) is 10.0 Å². The molecule has 1 N–H and O–H groups in total. The van der Waals surface area contributed by atoms with Gasteiger partial charge in [-0.1, -0.05) is 23.2 Å². The smallest absolute Gasteiger partial charge is 0.235 e. The molecule has 1 saturated heterocycles. The fourth-order valence-electron chi connectivity index (χ4n) is 4.05. The van der Waals surface area contributed by atoms with Crippen LogP contribution in [0.5, 0.6) is 5.75 Å². The summed E-state index contributed by atoms with van der Waals surface area (Å²) >= 11 is 12.4. The molecule has 2 aromatic carbocycles. The second-order valence-electron chi connectivity index (χ2n) is 7.75. The number of nitrogens with zero attached hydrogens (tertiary/aromatic N) is 2. The molecule has 0 saturated carbocycles. The third kappa shape index (κ3) is 4.54. The number of hydrogen-bond donors (Lipinski definition) is 1. The number of piperidine rings is 1. The van der Waals surface area contributed by atoms with Crippen LogP contribution in [0.3, 0.4) is 0 Å². The lowest BCUT2D eigenvalue weighted by molar-refractivity contribution is -0.116. The first kappa shape index (κ1) is 21.6. The molecule has 0 atom stereocenters. The summed E-state index contributed by atoms with van der Waals surface area (Å²) in [6, 6.07) is 8.11. The largest absolute Gasteiger partial charge is 0.491 e. The van der Waals surface area contributed by atoms with E-state index in [2.05, 4.69) is 15.2 Å². The number of halogens is 3. The molecule has 2 aromatic rings. The molecule has 0 radical (unpaired) electrons. The predicted molar refractivity (Wildman–Crippen MR) is 118 cm³/mol. The van der Waals surface area contributed by atoms with Crippen LogP contribution >= 0.6 is 23.2 Å². The van der Waals surface area contributed by atoms with Crippen molar-refractivity contribution < 1.29 is 18.7 Å². The maximum absolute atomic E-state index is 14.1. The van der Waals surface area contributed by atoms with E-state index < -0.39 is 11.4 Å². The number of amides is 1. The van der Waals surface area contributed by atoms with Crippen molar-refractivity contribution >= 4 is 46.6 Å². The highest BCUT2D eigenvalue weighted by atomic mass is 35.5. The van der Waals surface area contributed by atoms with Gasteiger partial charge >= 0.3 is 0 Å². The van der Waals surface area contributed by atoms with Gasteiger partial charge in [0.1, 0.15) is 23.7 Å². The highest BCUT2D eigenvalue weighted by Gasteiger charge is 2.36. The summed E-state index contributed by atoms with van der Waals surface area (Å²) in [6.45, 7) is 1.35. The van der Waals surface area contributed by atoms with E-state index >= 15 is 0 Å². The van der Waals surface area contributed by atoms with Crippen LogP contribution in [0, 0.1) is 5.82 Å². The van der Waals surface area contributed by atoms with Gasteiger partial charge in [-0.25, -0.2) is 9.18 Å². The number of anilines is 2. The van der Waals surface area contributed by atoms with Gasteiger partial charge in [0.25, 0.3) is 0 Å². The maximum atomic E-state index is 14.1. The number of fused-ring (bicyclic) bond motifs is 1. The van der Waals surface area contributed by atoms with Crippen LogP contribution in [0.4, 0.5) is 15.8 Å². The standard InChI is InChI=1S/C22H20Cl2FN3O3/c23-14-1-3-16(24)18(11-14)28-9-7-22(8-10-28,26-13-29)12-31-19-5-4-17(25)21-15(19)2-6-20(30)27-21/h1,3-5,11H,2,6-10,12H2,(H,27,30). The Hall–Kier alpha value is -2.60. The molecule has 162 valence electrons. The quantitative estimate of drug-likeness (QED) is 0.511. The molecule has 0 bridgehead atoms. The van der Waals surface area contributed by atoms with Gasteiger partial charge in [0, 0.05) is 30.1 Å². The van der Waals surface area contributed by atoms with Crippen molar-refractivity contribution in [2.75, 3.05) is 29.9 Å². The van der Waals surface area contributed by atoms with Gasteiger partial charge in [-0.3, -0.25) is 4.79 Å². The Bertz CT molecular complexity index is 1060. The van der Waals surface area contributed by atoms with Crippen molar-refractivity contribution in [3.05, 3.63) is 51.8 Å². The molecule has 0 unspecified atom stereocenters. The van der Waals surface area contributed by atoms with Gasteiger partial charge < -0.3 is 15.0 Å². The van der Waals surface area contributed by atoms with Gasteiger partial charge in [-0.2, -0.15) is 4.99 Å². The number of nitrogens with one attached hydrogen (secondary N) is 1. The Kier molecular flexibility index (Phi) is 6.19. The Morgan fingerprint density at radius 3 is 2.71 bits per heavy atom. The van der Waals surface area contributed by atoms with Crippen molar-refractivity contribution in [3.8, 4) is 5.75 Å². The lowest BCUT2D eigenvalue weighted by atomic mass is 9.88. The third-order valence-corrected chi connectivity index (χ3v) is 6.36. The molecule has 9 heteroatoms. The van der Waals surface area contributed by atoms with Crippen molar-refractivity contribution in [1.29, 1.82) is 0 Å². The Morgan fingerprint density at radius 2 is 1.97 bits per heavy atom. The SMILES string of the molecule is O=C=NC1(COc2ccc(F)c3c2CCC(=O)N3)CCN(c2cc(Cl)ccc2Cl)CC1. The first-order chi connectivity index (χ1) is 14.9. The zero-order chi connectivity index (χ0) is 22.0. The molecule has 2 aliphatic heterocycles. The number of rotatable bonds is 5. The highest BCUT2D eigenvalue weighted by Crippen LogP contribution is 2.37. The first-order valence-corrected chi connectivity index (χ1v) is 10.7. The topological polar surface area (TPSA) is 71.0 Å². The number of aliphatic imine (C=N–C) groups is 1. The minimum Gasteiger partial charge on any atom is -0.491 e. The second-order valence-corrected chi connectivity index (χ2v) is 8.59. The fraction of sp³-hybridized carbons (Fsp3) is 0.364. The molecule has 31 heavy (non-hydrogen) atoms. The number of carbonyl (C=O) groups is 1. The van der Waals surface area contributed by atoms with E-state index in [9.17, 15) is 14.0 Å². The molecule has 0 spiro atoms. The number of benzene rings is 2. The average molecular weight is 464 g/mol. The summed E-state index contributed by atoms with van der Waals surface area (Å²) in [7, 11) is 0. The van der Waals surface area contributed by atoms with E-state index in [4.69, 9.17) is 27.9 Å². The van der Waals surface area contributed by atoms with E-state index in [1.54, 1.807) is 24.3 Å². The van der Waals surface area contributed by atoms with Gasteiger partial charge in [0.2, 0.25) is 12.0 Å². The third-order valence-electron chi connectivity index (χ3n) is 5.81. The van der Waals surface area contributed by atoms with Crippen LogP contribution in [0.1, 0.15) is 24.8 Å². The maximum Gasteiger partial charge on any atom is 0.235 e. The zero-order valence-electron chi connectivity index (χ0n) is 16.6. The highest BCUT2D eigenvalue weighted by molar-refractivity contribution is 6.35. The molecular weight excluding hydrogens is 444 g/mol. The number of carbonyl (C=O) groups excluding carboxylic acids is 2. The predicted octanol–water partition coefficient (Wildman–Crippen LogP) is 4.77. The van der Waals surface area contributed by atoms with Gasteiger partial charge in [-0.15, -0.1) is 0 Å². The minimum absolute atomic E-state index is 0.144. The van der Waals surface area contributed by atoms with Crippen molar-refractivity contribution in [2.24, 2.45) is 4.99 Å². The number of hydrogen-bond acceptors (Lipinski definition) is 5. The van der Waals surface area contributed by atoms with Gasteiger partial charge in [-0.05, 0) is 49.6 Å².